The highest BCUT2D eigenvalue weighted by molar-refractivity contribution is 7.80. The van der Waals surface area contributed by atoms with Gasteiger partial charge in [-0.1, -0.05) is 41.0 Å². The van der Waals surface area contributed by atoms with E-state index >= 15 is 0 Å². The molecule has 9 heteroatoms. The van der Waals surface area contributed by atoms with Gasteiger partial charge in [0.25, 0.3) is 5.89 Å². The number of hydrogen-bond acceptors (Lipinski definition) is 5. The molecule has 1 aliphatic rings. The number of allylic oxidation sites excluding steroid dienone is 1. The first-order valence-corrected chi connectivity index (χ1v) is 11.5. The molecule has 0 saturated carbocycles. The fourth-order valence-electron chi connectivity index (χ4n) is 3.78. The van der Waals surface area contributed by atoms with Gasteiger partial charge in [0.05, 0.1) is 11.6 Å². The summed E-state index contributed by atoms with van der Waals surface area (Å²) in [7, 11) is 0. The standard InChI is InChI=1S/C24H24ClFN4O2S/c1-3-31-13-5-12-30-15(2)20(21(27-24(30)33)16-8-10-19(26)11-9-16)23-28-22(29-32-23)17-6-4-7-18(25)14-17/h4,6-11,14,21H,3,5,12-13H2,1-2H3,(H,27,33). The van der Waals surface area contributed by atoms with Crippen molar-refractivity contribution < 1.29 is 13.7 Å². The quantitative estimate of drug-likeness (QED) is 0.327. The fourth-order valence-corrected chi connectivity index (χ4v) is 4.32. The first kappa shape index (κ1) is 23.4. The van der Waals surface area contributed by atoms with Crippen LogP contribution in [0.25, 0.3) is 17.0 Å². The average Bonchev–Trinajstić information content (AvgIpc) is 3.28. The van der Waals surface area contributed by atoms with E-state index < -0.39 is 0 Å². The molecule has 1 unspecified atom stereocenters. The molecule has 4 rings (SSSR count). The van der Waals surface area contributed by atoms with Gasteiger partial charge in [-0.05, 0) is 62.3 Å². The van der Waals surface area contributed by atoms with E-state index in [4.69, 9.17) is 33.1 Å². The third kappa shape index (κ3) is 5.24. The van der Waals surface area contributed by atoms with Crippen molar-refractivity contribution in [3.63, 3.8) is 0 Å². The van der Waals surface area contributed by atoms with E-state index in [1.165, 1.54) is 12.1 Å². The molecule has 33 heavy (non-hydrogen) atoms. The molecule has 1 N–H and O–H groups in total. The molecule has 2 heterocycles. The van der Waals surface area contributed by atoms with Crippen LogP contribution in [-0.2, 0) is 4.74 Å². The maximum atomic E-state index is 13.6. The number of rotatable bonds is 8. The molecule has 1 aliphatic heterocycles. The monoisotopic (exact) mass is 486 g/mol. The second kappa shape index (κ2) is 10.4. The molecule has 6 nitrogen and oxygen atoms in total. The van der Waals surface area contributed by atoms with Crippen molar-refractivity contribution in [1.29, 1.82) is 0 Å². The molecular weight excluding hydrogens is 463 g/mol. The predicted octanol–water partition coefficient (Wildman–Crippen LogP) is 5.62. The number of aromatic nitrogens is 2. The summed E-state index contributed by atoms with van der Waals surface area (Å²) in [6.07, 6.45) is 0.805. The Balaban J connectivity index is 1.74. The normalized spacial score (nSPS) is 16.3. The van der Waals surface area contributed by atoms with E-state index in [1.54, 1.807) is 24.3 Å². The number of halogens is 2. The summed E-state index contributed by atoms with van der Waals surface area (Å²) in [6, 6.07) is 13.2. The minimum Gasteiger partial charge on any atom is -0.382 e. The third-order valence-electron chi connectivity index (χ3n) is 5.41. The molecule has 3 aromatic rings. The lowest BCUT2D eigenvalue weighted by atomic mass is 9.94. The van der Waals surface area contributed by atoms with E-state index in [-0.39, 0.29) is 11.9 Å². The lowest BCUT2D eigenvalue weighted by Crippen LogP contribution is -2.46. The van der Waals surface area contributed by atoms with Crippen LogP contribution in [0.2, 0.25) is 5.02 Å². The van der Waals surface area contributed by atoms with Crippen molar-refractivity contribution >= 4 is 34.5 Å². The van der Waals surface area contributed by atoms with E-state index in [0.717, 1.165) is 28.8 Å². The van der Waals surface area contributed by atoms with Crippen LogP contribution >= 0.6 is 23.8 Å². The minimum atomic E-state index is -0.367. The number of thiocarbonyl (C=S) groups is 1. The maximum absolute atomic E-state index is 13.6. The Bertz CT molecular complexity index is 1170. The van der Waals surface area contributed by atoms with Crippen molar-refractivity contribution in [3.05, 3.63) is 76.5 Å². The highest BCUT2D eigenvalue weighted by Crippen LogP contribution is 2.37. The maximum Gasteiger partial charge on any atom is 0.258 e. The molecule has 0 saturated heterocycles. The van der Waals surface area contributed by atoms with Gasteiger partial charge in [0.1, 0.15) is 5.82 Å². The Morgan fingerprint density at radius 1 is 1.24 bits per heavy atom. The van der Waals surface area contributed by atoms with Gasteiger partial charge in [0.2, 0.25) is 5.82 Å². The highest BCUT2D eigenvalue weighted by atomic mass is 35.5. The van der Waals surface area contributed by atoms with Gasteiger partial charge in [-0.3, -0.25) is 0 Å². The van der Waals surface area contributed by atoms with E-state index in [0.29, 0.717) is 41.6 Å². The molecule has 0 amide bonds. The first-order chi connectivity index (χ1) is 16.0. The van der Waals surface area contributed by atoms with Crippen molar-refractivity contribution in [3.8, 4) is 11.4 Å². The third-order valence-corrected chi connectivity index (χ3v) is 5.99. The second-order valence-electron chi connectivity index (χ2n) is 7.57. The van der Waals surface area contributed by atoms with Crippen molar-refractivity contribution in [2.24, 2.45) is 0 Å². The average molecular weight is 487 g/mol. The van der Waals surface area contributed by atoms with Crippen LogP contribution in [0.15, 0.2) is 58.8 Å². The summed E-state index contributed by atoms with van der Waals surface area (Å²) in [5.74, 6) is 0.487. The zero-order valence-corrected chi connectivity index (χ0v) is 19.9. The zero-order valence-electron chi connectivity index (χ0n) is 18.3. The Labute approximate surface area is 202 Å². The smallest absolute Gasteiger partial charge is 0.258 e. The Morgan fingerprint density at radius 2 is 2.03 bits per heavy atom. The van der Waals surface area contributed by atoms with E-state index in [1.807, 2.05) is 30.9 Å². The summed E-state index contributed by atoms with van der Waals surface area (Å²) in [6.45, 7) is 5.93. The topological polar surface area (TPSA) is 63.4 Å². The summed E-state index contributed by atoms with van der Waals surface area (Å²) < 4.78 is 24.8. The van der Waals surface area contributed by atoms with Gasteiger partial charge < -0.3 is 19.5 Å². The van der Waals surface area contributed by atoms with Crippen molar-refractivity contribution in [1.82, 2.24) is 20.4 Å². The molecule has 0 spiro atoms. The van der Waals surface area contributed by atoms with Gasteiger partial charge in [0.15, 0.2) is 5.11 Å². The first-order valence-electron chi connectivity index (χ1n) is 10.7. The zero-order chi connectivity index (χ0) is 23.4. The number of nitrogens with one attached hydrogen (secondary N) is 1. The number of ether oxygens (including phenoxy) is 1. The molecule has 0 radical (unpaired) electrons. The Kier molecular flexibility index (Phi) is 7.37. The molecule has 0 aliphatic carbocycles. The minimum absolute atomic E-state index is 0.307. The molecule has 0 bridgehead atoms. The number of hydrogen-bond donors (Lipinski definition) is 1. The summed E-state index contributed by atoms with van der Waals surface area (Å²) >= 11 is 11.8. The highest BCUT2D eigenvalue weighted by Gasteiger charge is 2.34. The summed E-state index contributed by atoms with van der Waals surface area (Å²) in [5.41, 5.74) is 3.27. The predicted molar refractivity (Wildman–Crippen MR) is 130 cm³/mol. The summed E-state index contributed by atoms with van der Waals surface area (Å²) in [4.78, 5) is 6.66. The van der Waals surface area contributed by atoms with Gasteiger partial charge in [-0.2, -0.15) is 4.98 Å². The number of benzene rings is 2. The largest absolute Gasteiger partial charge is 0.382 e. The lowest BCUT2D eigenvalue weighted by Gasteiger charge is -2.37. The summed E-state index contributed by atoms with van der Waals surface area (Å²) in [5, 5.41) is 8.71. The lowest BCUT2D eigenvalue weighted by molar-refractivity contribution is 0.141. The van der Waals surface area contributed by atoms with Crippen LogP contribution in [0.5, 0.6) is 0 Å². The van der Waals surface area contributed by atoms with Crippen LogP contribution in [-0.4, -0.2) is 39.9 Å². The molecule has 1 aromatic heterocycles. The van der Waals surface area contributed by atoms with Crippen LogP contribution in [0, 0.1) is 5.82 Å². The molecule has 172 valence electrons. The van der Waals surface area contributed by atoms with Gasteiger partial charge in [-0.25, -0.2) is 4.39 Å². The molecule has 0 fully saturated rings. The Morgan fingerprint density at radius 3 is 2.76 bits per heavy atom. The molecular formula is C24H24ClFN4O2S. The Hall–Kier alpha value is -2.81. The van der Waals surface area contributed by atoms with Crippen LogP contribution in [0.3, 0.4) is 0 Å². The van der Waals surface area contributed by atoms with Gasteiger partial charge in [-0.15, -0.1) is 0 Å². The van der Waals surface area contributed by atoms with E-state index in [9.17, 15) is 4.39 Å². The number of nitrogens with zero attached hydrogens (tertiary/aromatic N) is 3. The van der Waals surface area contributed by atoms with Crippen molar-refractivity contribution in [2.75, 3.05) is 19.8 Å². The van der Waals surface area contributed by atoms with Crippen LogP contribution in [0.4, 0.5) is 4.39 Å². The van der Waals surface area contributed by atoms with E-state index in [2.05, 4.69) is 15.5 Å². The molecule has 2 aromatic carbocycles. The SMILES string of the molecule is CCOCCCN1C(=S)NC(c2ccc(F)cc2)C(c2nc(-c3cccc(Cl)c3)no2)=C1C. The van der Waals surface area contributed by atoms with Crippen LogP contribution < -0.4 is 5.32 Å². The van der Waals surface area contributed by atoms with Gasteiger partial charge >= 0.3 is 0 Å². The van der Waals surface area contributed by atoms with Gasteiger partial charge in [0, 0.05) is 36.0 Å². The fraction of sp³-hybridized carbons (Fsp3) is 0.292. The second-order valence-corrected chi connectivity index (χ2v) is 8.39. The van der Waals surface area contributed by atoms with Crippen LogP contribution in [0.1, 0.15) is 37.8 Å². The van der Waals surface area contributed by atoms with Crippen molar-refractivity contribution in [2.45, 2.75) is 26.3 Å². The molecule has 1 atom stereocenters.